The van der Waals surface area contributed by atoms with E-state index in [2.05, 4.69) is 31.4 Å². The number of anilines is 2. The van der Waals surface area contributed by atoms with Crippen molar-refractivity contribution in [2.45, 2.75) is 53.4 Å². The molecule has 0 atom stereocenters. The number of hydrogen-bond donors (Lipinski definition) is 2. The Labute approximate surface area is 202 Å². The third kappa shape index (κ3) is 6.04. The number of carbonyl (C=O) groups excluding carboxylic acids is 2. The molecule has 0 spiro atoms. The number of hydrogen-bond acceptors (Lipinski definition) is 3. The molecule has 0 bridgehead atoms. The first-order valence-electron chi connectivity index (χ1n) is 11.7. The van der Waals surface area contributed by atoms with Crippen molar-refractivity contribution in [1.82, 2.24) is 14.7 Å². The van der Waals surface area contributed by atoms with E-state index in [-0.39, 0.29) is 23.9 Å². The van der Waals surface area contributed by atoms with Crippen LogP contribution in [0.5, 0.6) is 0 Å². The van der Waals surface area contributed by atoms with Gasteiger partial charge in [0.15, 0.2) is 0 Å². The first kappa shape index (κ1) is 25.0. The summed E-state index contributed by atoms with van der Waals surface area (Å²) in [5.41, 5.74) is 4.40. The van der Waals surface area contributed by atoms with Gasteiger partial charge in [-0.2, -0.15) is 5.10 Å². The average molecular weight is 462 g/mol. The molecule has 0 saturated carbocycles. The van der Waals surface area contributed by atoms with Crippen LogP contribution in [-0.4, -0.2) is 39.7 Å². The van der Waals surface area contributed by atoms with Crippen LogP contribution in [0.15, 0.2) is 54.6 Å². The summed E-state index contributed by atoms with van der Waals surface area (Å²) in [6.45, 7) is 12.6. The van der Waals surface area contributed by atoms with Crippen LogP contribution in [0.25, 0.3) is 5.69 Å². The van der Waals surface area contributed by atoms with Gasteiger partial charge in [-0.3, -0.25) is 4.79 Å². The fourth-order valence-electron chi connectivity index (χ4n) is 3.56. The summed E-state index contributed by atoms with van der Waals surface area (Å²) in [4.78, 5) is 27.6. The van der Waals surface area contributed by atoms with Crippen LogP contribution in [0, 0.1) is 13.8 Å². The number of para-hydroxylation sites is 1. The van der Waals surface area contributed by atoms with Crippen molar-refractivity contribution in [2.24, 2.45) is 0 Å². The molecule has 0 radical (unpaired) electrons. The number of urea groups is 1. The Morgan fingerprint density at radius 3 is 2.35 bits per heavy atom. The largest absolute Gasteiger partial charge is 0.322 e. The zero-order valence-electron chi connectivity index (χ0n) is 21.0. The zero-order chi connectivity index (χ0) is 24.9. The number of aromatic nitrogens is 2. The lowest BCUT2D eigenvalue weighted by atomic mass is 9.92. The summed E-state index contributed by atoms with van der Waals surface area (Å²) in [7, 11) is 0. The minimum absolute atomic E-state index is 0.0602. The smallest absolute Gasteiger partial charge is 0.315 e. The minimum atomic E-state index is -0.294. The number of nitrogens with one attached hydrogen (secondary N) is 2. The lowest BCUT2D eigenvalue weighted by Crippen LogP contribution is -2.41. The Bertz CT molecular complexity index is 1150. The highest BCUT2D eigenvalue weighted by Gasteiger charge is 2.23. The van der Waals surface area contributed by atoms with E-state index < -0.39 is 0 Å². The maximum atomic E-state index is 13.0. The number of benzene rings is 2. The molecule has 34 heavy (non-hydrogen) atoms. The maximum Gasteiger partial charge on any atom is 0.322 e. The first-order chi connectivity index (χ1) is 16.1. The van der Waals surface area contributed by atoms with E-state index >= 15 is 0 Å². The molecule has 2 aromatic carbocycles. The first-order valence-corrected chi connectivity index (χ1v) is 11.7. The number of rotatable bonds is 7. The van der Waals surface area contributed by atoms with Gasteiger partial charge in [-0.25, -0.2) is 9.48 Å². The summed E-state index contributed by atoms with van der Waals surface area (Å²) in [6.07, 6.45) is 0.740. The van der Waals surface area contributed by atoms with Gasteiger partial charge in [0, 0.05) is 23.7 Å². The highest BCUT2D eigenvalue weighted by atomic mass is 16.2. The van der Waals surface area contributed by atoms with Crippen LogP contribution in [0.3, 0.4) is 0 Å². The number of nitrogens with zero attached hydrogens (tertiary/aromatic N) is 3. The molecule has 7 heteroatoms. The highest BCUT2D eigenvalue weighted by Crippen LogP contribution is 2.26. The molecular formula is C27H35N5O2. The van der Waals surface area contributed by atoms with Gasteiger partial charge in [0.1, 0.15) is 12.4 Å². The highest BCUT2D eigenvalue weighted by molar-refractivity contribution is 5.97. The van der Waals surface area contributed by atoms with Gasteiger partial charge < -0.3 is 15.5 Å². The SMILES string of the molecule is CCCN(CC(=O)Nc1cc(C(C)(C)C)nn1-c1ccccc1)C(=O)Nc1cccc(C)c1C. The predicted molar refractivity (Wildman–Crippen MR) is 138 cm³/mol. The molecule has 3 aromatic rings. The molecule has 0 aliphatic rings. The van der Waals surface area contributed by atoms with E-state index in [9.17, 15) is 9.59 Å². The monoisotopic (exact) mass is 461 g/mol. The number of aryl methyl sites for hydroxylation is 1. The second-order valence-corrected chi connectivity index (χ2v) is 9.56. The van der Waals surface area contributed by atoms with E-state index in [0.717, 1.165) is 34.6 Å². The molecule has 2 N–H and O–H groups in total. The summed E-state index contributed by atoms with van der Waals surface area (Å²) in [5, 5.41) is 10.7. The predicted octanol–water partition coefficient (Wildman–Crippen LogP) is 5.67. The molecule has 3 amide bonds. The molecule has 3 rings (SSSR count). The van der Waals surface area contributed by atoms with Gasteiger partial charge in [0.2, 0.25) is 5.91 Å². The zero-order valence-corrected chi connectivity index (χ0v) is 21.0. The molecule has 0 fully saturated rings. The lowest BCUT2D eigenvalue weighted by molar-refractivity contribution is -0.116. The molecule has 0 saturated heterocycles. The van der Waals surface area contributed by atoms with Crippen molar-refractivity contribution >= 4 is 23.4 Å². The van der Waals surface area contributed by atoms with Crippen LogP contribution >= 0.6 is 0 Å². The molecular weight excluding hydrogens is 426 g/mol. The Balaban J connectivity index is 1.79. The van der Waals surface area contributed by atoms with Gasteiger partial charge in [0.05, 0.1) is 11.4 Å². The Morgan fingerprint density at radius 2 is 1.71 bits per heavy atom. The Kier molecular flexibility index (Phi) is 7.76. The third-order valence-corrected chi connectivity index (χ3v) is 5.71. The van der Waals surface area contributed by atoms with Crippen LogP contribution in [-0.2, 0) is 10.2 Å². The van der Waals surface area contributed by atoms with Gasteiger partial charge in [0.25, 0.3) is 0 Å². The average Bonchev–Trinajstić information content (AvgIpc) is 3.21. The minimum Gasteiger partial charge on any atom is -0.315 e. The van der Waals surface area contributed by atoms with Crippen molar-refractivity contribution in [3.63, 3.8) is 0 Å². The van der Waals surface area contributed by atoms with Crippen molar-refractivity contribution in [2.75, 3.05) is 23.7 Å². The molecule has 1 aromatic heterocycles. The standard InChI is InChI=1S/C27H35N5O2/c1-7-16-31(26(34)28-22-15-11-12-19(2)20(22)3)18-25(33)29-24-17-23(27(4,5)6)30-32(24)21-13-9-8-10-14-21/h8-15,17H,7,16,18H2,1-6H3,(H,28,34)(H,29,33). The summed E-state index contributed by atoms with van der Waals surface area (Å²) in [5.74, 6) is 0.301. The van der Waals surface area contributed by atoms with Gasteiger partial charge in [-0.05, 0) is 49.6 Å². The van der Waals surface area contributed by atoms with Crippen LogP contribution < -0.4 is 10.6 Å². The molecule has 180 valence electrons. The molecule has 1 heterocycles. The molecule has 0 aliphatic carbocycles. The maximum absolute atomic E-state index is 13.0. The number of carbonyl (C=O) groups is 2. The fraction of sp³-hybridized carbons (Fsp3) is 0.370. The van der Waals surface area contributed by atoms with Crippen molar-refractivity contribution in [3.05, 3.63) is 71.4 Å². The molecule has 0 unspecified atom stereocenters. The van der Waals surface area contributed by atoms with Crippen LogP contribution in [0.1, 0.15) is 50.9 Å². The quantitative estimate of drug-likeness (QED) is 0.476. The van der Waals surface area contributed by atoms with E-state index in [1.54, 1.807) is 4.68 Å². The topological polar surface area (TPSA) is 79.3 Å². The van der Waals surface area contributed by atoms with E-state index in [0.29, 0.717) is 12.4 Å². The fourth-order valence-corrected chi connectivity index (χ4v) is 3.56. The van der Waals surface area contributed by atoms with Crippen LogP contribution in [0.4, 0.5) is 16.3 Å². The third-order valence-electron chi connectivity index (χ3n) is 5.71. The van der Waals surface area contributed by atoms with Gasteiger partial charge in [-0.15, -0.1) is 0 Å². The van der Waals surface area contributed by atoms with Crippen molar-refractivity contribution < 1.29 is 9.59 Å². The van der Waals surface area contributed by atoms with Crippen molar-refractivity contribution in [1.29, 1.82) is 0 Å². The molecule has 7 nitrogen and oxygen atoms in total. The normalized spacial score (nSPS) is 11.2. The van der Waals surface area contributed by atoms with Gasteiger partial charge in [-0.1, -0.05) is 58.0 Å². The summed E-state index contributed by atoms with van der Waals surface area (Å²) < 4.78 is 1.73. The van der Waals surface area contributed by atoms with E-state index in [1.807, 2.05) is 75.4 Å². The second kappa shape index (κ2) is 10.5. The number of amides is 3. The Morgan fingerprint density at radius 1 is 1.00 bits per heavy atom. The van der Waals surface area contributed by atoms with Crippen LogP contribution in [0.2, 0.25) is 0 Å². The summed E-state index contributed by atoms with van der Waals surface area (Å²) >= 11 is 0. The van der Waals surface area contributed by atoms with Crippen molar-refractivity contribution in [3.8, 4) is 5.69 Å². The molecule has 0 aliphatic heterocycles. The lowest BCUT2D eigenvalue weighted by Gasteiger charge is -2.23. The second-order valence-electron chi connectivity index (χ2n) is 9.56. The van der Waals surface area contributed by atoms with Gasteiger partial charge >= 0.3 is 6.03 Å². The summed E-state index contributed by atoms with van der Waals surface area (Å²) in [6, 6.07) is 17.1. The Hall–Kier alpha value is -3.61. The van der Waals surface area contributed by atoms with E-state index in [1.165, 1.54) is 4.90 Å². The van der Waals surface area contributed by atoms with E-state index in [4.69, 9.17) is 5.10 Å².